The van der Waals surface area contributed by atoms with E-state index in [1.807, 2.05) is 60.7 Å². The van der Waals surface area contributed by atoms with Crippen LogP contribution >= 0.6 is 0 Å². The van der Waals surface area contributed by atoms with Crippen LogP contribution < -0.4 is 4.74 Å². The lowest BCUT2D eigenvalue weighted by molar-refractivity contribution is 0.101. The van der Waals surface area contributed by atoms with E-state index in [1.165, 1.54) is 0 Å². The second kappa shape index (κ2) is 6.01. The lowest BCUT2D eigenvalue weighted by atomic mass is 10.1. The Bertz CT molecular complexity index is 595. The van der Waals surface area contributed by atoms with Crippen LogP contribution in [-0.2, 0) is 0 Å². The molecular weight excluding hydrogens is 236 g/mol. The van der Waals surface area contributed by atoms with Crippen molar-refractivity contribution in [3.05, 3.63) is 65.2 Å². The normalized spacial score (nSPS) is 10.6. The Morgan fingerprint density at radius 2 is 1.68 bits per heavy atom. The Labute approximate surface area is 113 Å². The standard InChI is InChI=1S/C17H16O2/c1-13(18)15-10-7-14(8-11-15)9-12-16-5-3-4-6-17(16)19-2/h3-12H,1-2H3/b12-9+. The van der Waals surface area contributed by atoms with E-state index in [1.54, 1.807) is 14.0 Å². The van der Waals surface area contributed by atoms with Gasteiger partial charge < -0.3 is 4.74 Å². The zero-order valence-electron chi connectivity index (χ0n) is 11.1. The molecule has 0 aliphatic carbocycles. The SMILES string of the molecule is COc1ccccc1/C=C/c1ccc(C(C)=O)cc1. The first-order valence-corrected chi connectivity index (χ1v) is 6.13. The van der Waals surface area contributed by atoms with Crippen LogP contribution in [0.25, 0.3) is 12.2 Å². The zero-order valence-corrected chi connectivity index (χ0v) is 11.1. The molecule has 0 unspecified atom stereocenters. The monoisotopic (exact) mass is 252 g/mol. The van der Waals surface area contributed by atoms with Crippen molar-refractivity contribution < 1.29 is 9.53 Å². The Morgan fingerprint density at radius 3 is 2.32 bits per heavy atom. The molecule has 0 fully saturated rings. The van der Waals surface area contributed by atoms with Gasteiger partial charge in [-0.05, 0) is 18.6 Å². The molecule has 0 heterocycles. The number of carbonyl (C=O) groups excluding carboxylic acids is 1. The predicted octanol–water partition coefficient (Wildman–Crippen LogP) is 4.07. The maximum Gasteiger partial charge on any atom is 0.159 e. The first-order chi connectivity index (χ1) is 9.20. The molecule has 0 aliphatic rings. The van der Waals surface area contributed by atoms with Crippen LogP contribution in [-0.4, -0.2) is 12.9 Å². The van der Waals surface area contributed by atoms with E-state index in [2.05, 4.69) is 0 Å². The van der Waals surface area contributed by atoms with Gasteiger partial charge in [-0.3, -0.25) is 4.79 Å². The smallest absolute Gasteiger partial charge is 0.159 e. The van der Waals surface area contributed by atoms with Gasteiger partial charge in [0.2, 0.25) is 0 Å². The van der Waals surface area contributed by atoms with Gasteiger partial charge in [-0.1, -0.05) is 54.6 Å². The number of ether oxygens (including phenoxy) is 1. The fourth-order valence-corrected chi connectivity index (χ4v) is 1.82. The van der Waals surface area contributed by atoms with Crippen molar-refractivity contribution in [3.63, 3.8) is 0 Å². The minimum absolute atomic E-state index is 0.0836. The molecular formula is C17H16O2. The average Bonchev–Trinajstić information content (AvgIpc) is 2.45. The molecule has 0 aliphatic heterocycles. The van der Waals surface area contributed by atoms with Crippen molar-refractivity contribution in [1.82, 2.24) is 0 Å². The first kappa shape index (κ1) is 13.1. The number of methoxy groups -OCH3 is 1. The van der Waals surface area contributed by atoms with Gasteiger partial charge in [0.05, 0.1) is 7.11 Å². The molecule has 0 aromatic heterocycles. The number of para-hydroxylation sites is 1. The maximum absolute atomic E-state index is 11.2. The topological polar surface area (TPSA) is 26.3 Å². The Hall–Kier alpha value is -2.35. The van der Waals surface area contributed by atoms with Crippen LogP contribution in [0.3, 0.4) is 0 Å². The van der Waals surface area contributed by atoms with E-state index in [0.29, 0.717) is 0 Å². The van der Waals surface area contributed by atoms with Crippen molar-refractivity contribution in [1.29, 1.82) is 0 Å². The highest BCUT2D eigenvalue weighted by Gasteiger charge is 1.98. The highest BCUT2D eigenvalue weighted by atomic mass is 16.5. The van der Waals surface area contributed by atoms with E-state index in [4.69, 9.17) is 4.74 Å². The third-order valence-corrected chi connectivity index (χ3v) is 2.91. The van der Waals surface area contributed by atoms with Crippen LogP contribution in [0, 0.1) is 0 Å². The van der Waals surface area contributed by atoms with Gasteiger partial charge in [0, 0.05) is 11.1 Å². The number of benzene rings is 2. The summed E-state index contributed by atoms with van der Waals surface area (Å²) in [5, 5.41) is 0. The van der Waals surface area contributed by atoms with Crippen LogP contribution in [0.2, 0.25) is 0 Å². The summed E-state index contributed by atoms with van der Waals surface area (Å²) in [5.74, 6) is 0.930. The minimum Gasteiger partial charge on any atom is -0.496 e. The average molecular weight is 252 g/mol. The molecule has 2 heteroatoms. The van der Waals surface area contributed by atoms with Crippen LogP contribution in [0.5, 0.6) is 5.75 Å². The zero-order chi connectivity index (χ0) is 13.7. The van der Waals surface area contributed by atoms with Gasteiger partial charge >= 0.3 is 0 Å². The van der Waals surface area contributed by atoms with E-state index in [9.17, 15) is 4.79 Å². The van der Waals surface area contributed by atoms with Crippen molar-refractivity contribution in [2.45, 2.75) is 6.92 Å². The number of hydrogen-bond acceptors (Lipinski definition) is 2. The molecule has 19 heavy (non-hydrogen) atoms. The first-order valence-electron chi connectivity index (χ1n) is 6.13. The van der Waals surface area contributed by atoms with Crippen molar-refractivity contribution in [2.75, 3.05) is 7.11 Å². The fourth-order valence-electron chi connectivity index (χ4n) is 1.82. The summed E-state index contributed by atoms with van der Waals surface area (Å²) in [4.78, 5) is 11.2. The molecule has 2 nitrogen and oxygen atoms in total. The fraction of sp³-hybridized carbons (Fsp3) is 0.118. The lowest BCUT2D eigenvalue weighted by Gasteiger charge is -2.03. The molecule has 96 valence electrons. The summed E-state index contributed by atoms with van der Waals surface area (Å²) in [5.41, 5.74) is 2.81. The molecule has 2 rings (SSSR count). The van der Waals surface area contributed by atoms with Crippen molar-refractivity contribution in [3.8, 4) is 5.75 Å². The van der Waals surface area contributed by atoms with Crippen LogP contribution in [0.15, 0.2) is 48.5 Å². The van der Waals surface area contributed by atoms with Gasteiger partial charge in [0.1, 0.15) is 5.75 Å². The number of ketones is 1. The molecule has 0 atom stereocenters. The molecule has 0 amide bonds. The minimum atomic E-state index is 0.0836. The predicted molar refractivity (Wildman–Crippen MR) is 78.4 cm³/mol. The quantitative estimate of drug-likeness (QED) is 0.605. The summed E-state index contributed by atoms with van der Waals surface area (Å²) < 4.78 is 5.29. The highest BCUT2D eigenvalue weighted by molar-refractivity contribution is 5.94. The Kier molecular flexibility index (Phi) is 4.14. The van der Waals surface area contributed by atoms with E-state index in [0.717, 1.165) is 22.4 Å². The summed E-state index contributed by atoms with van der Waals surface area (Å²) in [6.07, 6.45) is 4.00. The Balaban J connectivity index is 2.20. The van der Waals surface area contributed by atoms with Crippen molar-refractivity contribution in [2.24, 2.45) is 0 Å². The molecule has 0 spiro atoms. The molecule has 0 saturated carbocycles. The van der Waals surface area contributed by atoms with Crippen LogP contribution in [0.1, 0.15) is 28.4 Å². The van der Waals surface area contributed by atoms with Gasteiger partial charge in [-0.15, -0.1) is 0 Å². The largest absolute Gasteiger partial charge is 0.496 e. The molecule has 0 bridgehead atoms. The van der Waals surface area contributed by atoms with Crippen molar-refractivity contribution >= 4 is 17.9 Å². The van der Waals surface area contributed by atoms with Crippen LogP contribution in [0.4, 0.5) is 0 Å². The molecule has 2 aromatic carbocycles. The summed E-state index contributed by atoms with van der Waals surface area (Å²) >= 11 is 0. The molecule has 0 N–H and O–H groups in total. The van der Waals surface area contributed by atoms with E-state index >= 15 is 0 Å². The summed E-state index contributed by atoms with van der Waals surface area (Å²) in [7, 11) is 1.66. The lowest BCUT2D eigenvalue weighted by Crippen LogP contribution is -1.90. The number of Topliss-reactive ketones (excluding diaryl/α,β-unsaturated/α-hetero) is 1. The molecule has 0 radical (unpaired) electrons. The summed E-state index contributed by atoms with van der Waals surface area (Å²) in [6, 6.07) is 15.4. The van der Waals surface area contributed by atoms with Gasteiger partial charge in [0.15, 0.2) is 5.78 Å². The molecule has 0 saturated heterocycles. The van der Waals surface area contributed by atoms with E-state index < -0.39 is 0 Å². The third-order valence-electron chi connectivity index (χ3n) is 2.91. The highest BCUT2D eigenvalue weighted by Crippen LogP contribution is 2.20. The number of rotatable bonds is 4. The molecule has 2 aromatic rings. The van der Waals surface area contributed by atoms with E-state index in [-0.39, 0.29) is 5.78 Å². The second-order valence-corrected chi connectivity index (χ2v) is 4.25. The van der Waals surface area contributed by atoms with Gasteiger partial charge in [-0.25, -0.2) is 0 Å². The number of hydrogen-bond donors (Lipinski definition) is 0. The third kappa shape index (κ3) is 3.32. The number of carbonyl (C=O) groups is 1. The maximum atomic E-state index is 11.2. The van der Waals surface area contributed by atoms with Gasteiger partial charge in [-0.2, -0.15) is 0 Å². The Morgan fingerprint density at radius 1 is 1.00 bits per heavy atom. The second-order valence-electron chi connectivity index (χ2n) is 4.25. The van der Waals surface area contributed by atoms with Gasteiger partial charge in [0.25, 0.3) is 0 Å². The summed E-state index contributed by atoms with van der Waals surface area (Å²) in [6.45, 7) is 1.57.